The molecule has 0 spiro atoms. The van der Waals surface area contributed by atoms with Gasteiger partial charge in [0.1, 0.15) is 0 Å². The minimum absolute atomic E-state index is 0.216. The average Bonchev–Trinajstić information content (AvgIpc) is 3.84. The number of H-pyrrole nitrogens is 2. The van der Waals surface area contributed by atoms with Crippen molar-refractivity contribution >= 4 is 23.6 Å². The summed E-state index contributed by atoms with van der Waals surface area (Å²) in [6.07, 6.45) is 19.9. The fourth-order valence-corrected chi connectivity index (χ4v) is 9.17. The van der Waals surface area contributed by atoms with E-state index in [1.165, 1.54) is 116 Å². The molecule has 0 aliphatic carbocycles. The van der Waals surface area contributed by atoms with Crippen molar-refractivity contribution in [2.45, 2.75) is 165 Å². The first kappa shape index (κ1) is 36.1. The predicted octanol–water partition coefficient (Wildman–Crippen LogP) is 12.6. The number of nitrogens with zero attached hydrogens (tertiary/aromatic N) is 2. The number of aromatic amines is 2. The number of hydrogen-bond acceptors (Lipinski definition) is 2. The van der Waals surface area contributed by atoms with Crippen LogP contribution in [0.15, 0.2) is 43.7 Å². The highest BCUT2D eigenvalue weighted by Gasteiger charge is 2.36. The van der Waals surface area contributed by atoms with Crippen molar-refractivity contribution in [3.8, 4) is 0 Å². The van der Waals surface area contributed by atoms with Gasteiger partial charge in [0.25, 0.3) is 0 Å². The lowest BCUT2D eigenvalue weighted by atomic mass is 9.82. The van der Waals surface area contributed by atoms with E-state index in [4.69, 9.17) is 9.98 Å². The standard InChI is InChI=1S/C44H64N4/c1-11-21-23-35-41-31(17-7)27(13-3)37(45-41)25-39-29(15-5)33(19-9)43(47-39)36(24-22-12-2)44-34(20-10)30(16-6)40(48-44)26-38-28(14-4)32(18-8)42(35)46-38/h25-26,35-36,45-46H,11-24H2,1-10H3/b39-25-,40-26?. The van der Waals surface area contributed by atoms with Crippen molar-refractivity contribution in [1.29, 1.82) is 0 Å². The van der Waals surface area contributed by atoms with Crippen molar-refractivity contribution in [1.82, 2.24) is 9.97 Å². The molecule has 2 atom stereocenters. The van der Waals surface area contributed by atoms with E-state index >= 15 is 0 Å². The first-order valence-electron chi connectivity index (χ1n) is 19.9. The molecule has 48 heavy (non-hydrogen) atoms. The van der Waals surface area contributed by atoms with Gasteiger partial charge in [0.05, 0.1) is 22.8 Å². The Morgan fingerprint density at radius 2 is 0.833 bits per heavy atom. The fraction of sp³-hybridized carbons (Fsp3) is 0.591. The fourth-order valence-electron chi connectivity index (χ4n) is 9.17. The summed E-state index contributed by atoms with van der Waals surface area (Å²) in [4.78, 5) is 19.5. The summed E-state index contributed by atoms with van der Waals surface area (Å²) in [5.74, 6) is 0.523. The second kappa shape index (κ2) is 16.0. The third-order valence-electron chi connectivity index (χ3n) is 11.5. The number of hydrogen-bond donors (Lipinski definition) is 2. The predicted molar refractivity (Wildman–Crippen MR) is 210 cm³/mol. The lowest BCUT2D eigenvalue weighted by molar-refractivity contribution is 0.621. The molecule has 8 bridgehead atoms. The third-order valence-corrected chi connectivity index (χ3v) is 11.5. The maximum atomic E-state index is 5.65. The van der Waals surface area contributed by atoms with Gasteiger partial charge >= 0.3 is 0 Å². The molecule has 2 aromatic rings. The zero-order valence-electron chi connectivity index (χ0n) is 32.1. The van der Waals surface area contributed by atoms with Crippen molar-refractivity contribution in [2.75, 3.05) is 0 Å². The van der Waals surface area contributed by atoms with Gasteiger partial charge in [-0.15, -0.1) is 0 Å². The smallest absolute Gasteiger partial charge is 0.0689 e. The number of aromatic nitrogens is 2. The molecular weight excluding hydrogens is 585 g/mol. The zero-order valence-corrected chi connectivity index (χ0v) is 32.1. The molecule has 3 aliphatic heterocycles. The van der Waals surface area contributed by atoms with Gasteiger partial charge in [0.15, 0.2) is 0 Å². The van der Waals surface area contributed by atoms with E-state index in [2.05, 4.69) is 91.4 Å². The molecular formula is C44H64N4. The highest BCUT2D eigenvalue weighted by molar-refractivity contribution is 6.23. The lowest BCUT2D eigenvalue weighted by Crippen LogP contribution is -2.25. The van der Waals surface area contributed by atoms with Gasteiger partial charge in [-0.25, -0.2) is 0 Å². The summed E-state index contributed by atoms with van der Waals surface area (Å²) in [5.41, 5.74) is 22.0. The van der Waals surface area contributed by atoms with Gasteiger partial charge in [0.2, 0.25) is 0 Å². The summed E-state index contributed by atoms with van der Waals surface area (Å²) in [6.45, 7) is 23.3. The Balaban J connectivity index is 1.92. The van der Waals surface area contributed by atoms with Crippen molar-refractivity contribution in [3.63, 3.8) is 0 Å². The van der Waals surface area contributed by atoms with Crippen LogP contribution in [-0.4, -0.2) is 21.4 Å². The number of allylic oxidation sites excluding steroid dienone is 4. The van der Waals surface area contributed by atoms with Crippen LogP contribution in [0.1, 0.15) is 184 Å². The van der Waals surface area contributed by atoms with Gasteiger partial charge in [0, 0.05) is 34.6 Å². The average molecular weight is 649 g/mol. The van der Waals surface area contributed by atoms with Crippen molar-refractivity contribution in [2.24, 2.45) is 15.9 Å². The molecule has 0 amide bonds. The van der Waals surface area contributed by atoms with Gasteiger partial charge < -0.3 is 9.97 Å². The summed E-state index contributed by atoms with van der Waals surface area (Å²) >= 11 is 0. The Bertz CT molecular complexity index is 1560. The molecule has 2 aromatic heterocycles. The van der Waals surface area contributed by atoms with Crippen LogP contribution in [0.3, 0.4) is 0 Å². The molecule has 2 unspecified atom stereocenters. The molecule has 0 aromatic carbocycles. The minimum Gasteiger partial charge on any atom is -0.358 e. The maximum Gasteiger partial charge on any atom is 0.0689 e. The van der Waals surface area contributed by atoms with Crippen LogP contribution in [0.5, 0.6) is 0 Å². The number of rotatable bonds is 14. The summed E-state index contributed by atoms with van der Waals surface area (Å²) < 4.78 is 0. The van der Waals surface area contributed by atoms with Gasteiger partial charge in [-0.2, -0.15) is 0 Å². The van der Waals surface area contributed by atoms with E-state index in [0.29, 0.717) is 5.92 Å². The monoisotopic (exact) mass is 649 g/mol. The number of nitrogens with one attached hydrogen (secondary N) is 2. The van der Waals surface area contributed by atoms with E-state index in [1.807, 2.05) is 0 Å². The molecule has 4 heteroatoms. The van der Waals surface area contributed by atoms with Crippen molar-refractivity contribution in [3.05, 3.63) is 78.7 Å². The minimum atomic E-state index is 0.216. The van der Waals surface area contributed by atoms with E-state index in [9.17, 15) is 0 Å². The molecule has 4 nitrogen and oxygen atoms in total. The molecule has 0 fully saturated rings. The van der Waals surface area contributed by atoms with Crippen LogP contribution in [0.25, 0.3) is 12.2 Å². The molecule has 0 saturated carbocycles. The Morgan fingerprint density at radius 3 is 1.17 bits per heavy atom. The second-order valence-electron chi connectivity index (χ2n) is 14.0. The zero-order chi connectivity index (χ0) is 34.5. The Hall–Kier alpha value is -3.14. The quantitative estimate of drug-likeness (QED) is 0.205. The lowest BCUT2D eigenvalue weighted by Gasteiger charge is -2.21. The van der Waals surface area contributed by atoms with Crippen LogP contribution in [0.4, 0.5) is 0 Å². The van der Waals surface area contributed by atoms with Gasteiger partial charge in [-0.3, -0.25) is 9.98 Å². The van der Waals surface area contributed by atoms with Gasteiger partial charge in [-0.05, 0) is 121 Å². The first-order chi connectivity index (χ1) is 23.4. The highest BCUT2D eigenvalue weighted by atomic mass is 14.9. The van der Waals surface area contributed by atoms with Crippen LogP contribution in [0, 0.1) is 5.92 Å². The van der Waals surface area contributed by atoms with Crippen LogP contribution < -0.4 is 0 Å². The van der Waals surface area contributed by atoms with E-state index in [0.717, 1.165) is 64.2 Å². The molecule has 5 rings (SSSR count). The maximum absolute atomic E-state index is 5.65. The normalized spacial score (nSPS) is 20.4. The highest BCUT2D eigenvalue weighted by Crippen LogP contribution is 2.44. The third kappa shape index (κ3) is 6.34. The van der Waals surface area contributed by atoms with E-state index in [1.54, 1.807) is 0 Å². The van der Waals surface area contributed by atoms with E-state index in [-0.39, 0.29) is 5.92 Å². The van der Waals surface area contributed by atoms with Crippen LogP contribution in [-0.2, 0) is 25.7 Å². The number of fused-ring (bicyclic) bond motifs is 6. The second-order valence-corrected chi connectivity index (χ2v) is 14.0. The first-order valence-corrected chi connectivity index (χ1v) is 19.9. The molecule has 260 valence electrons. The molecule has 5 heterocycles. The Labute approximate surface area is 292 Å². The summed E-state index contributed by atoms with van der Waals surface area (Å²) in [5, 5.41) is 0. The summed E-state index contributed by atoms with van der Waals surface area (Å²) in [7, 11) is 0. The van der Waals surface area contributed by atoms with Crippen LogP contribution in [0.2, 0.25) is 0 Å². The Kier molecular flexibility index (Phi) is 12.1. The number of aliphatic imine (C=N–C) groups is 2. The molecule has 0 saturated heterocycles. The SMILES string of the molecule is CCCCC1C2=NC(=Cc3[nH]c(c(CC)c3CC)C(CCCC)c3[nH]c(c(CC)c3CC)/C=C3\N=C1C(CC)=C3CC)C(CC)=C2CC. The van der Waals surface area contributed by atoms with Gasteiger partial charge in [-0.1, -0.05) is 94.9 Å². The van der Waals surface area contributed by atoms with E-state index < -0.39 is 0 Å². The Morgan fingerprint density at radius 1 is 0.458 bits per heavy atom. The molecule has 2 N–H and O–H groups in total. The van der Waals surface area contributed by atoms with Crippen molar-refractivity contribution < 1.29 is 0 Å². The summed E-state index contributed by atoms with van der Waals surface area (Å²) in [6, 6.07) is 0. The molecule has 3 aliphatic rings. The number of unbranched alkanes of at least 4 members (excludes halogenated alkanes) is 2. The molecule has 0 radical (unpaired) electrons. The largest absolute Gasteiger partial charge is 0.358 e. The topological polar surface area (TPSA) is 56.3 Å². The van der Waals surface area contributed by atoms with Crippen LogP contribution >= 0.6 is 0 Å².